The molecule has 0 saturated carbocycles. The van der Waals surface area contributed by atoms with Gasteiger partial charge < -0.3 is 10.6 Å². The lowest BCUT2D eigenvalue weighted by Gasteiger charge is -2.28. The number of rotatable bonds is 4. The number of piperidine rings is 1. The molecular formula is C14H21N3O3S. The Bertz CT molecular complexity index is 598. The summed E-state index contributed by atoms with van der Waals surface area (Å²) >= 11 is 0. The first-order valence-corrected chi connectivity index (χ1v) is 8.70. The zero-order valence-corrected chi connectivity index (χ0v) is 12.8. The van der Waals surface area contributed by atoms with Crippen molar-refractivity contribution >= 4 is 21.6 Å². The number of primary sulfonamides is 1. The summed E-state index contributed by atoms with van der Waals surface area (Å²) in [5.41, 5.74) is 1.25. The van der Waals surface area contributed by atoms with Crippen molar-refractivity contribution < 1.29 is 13.2 Å². The van der Waals surface area contributed by atoms with Crippen LogP contribution in [0.2, 0.25) is 0 Å². The molecule has 21 heavy (non-hydrogen) atoms. The molecule has 0 aromatic heterocycles. The molecule has 1 aromatic rings. The maximum absolute atomic E-state index is 12.2. The highest BCUT2D eigenvalue weighted by Gasteiger charge is 2.27. The summed E-state index contributed by atoms with van der Waals surface area (Å²) in [6.45, 7) is 2.92. The SMILES string of the molecule is CC1CCCNC1C(=O)Nc1ccc(CS(N)(=O)=O)cc1. The minimum atomic E-state index is -3.53. The Morgan fingerprint density at radius 1 is 1.38 bits per heavy atom. The summed E-state index contributed by atoms with van der Waals surface area (Å²) in [6.07, 6.45) is 2.13. The number of benzene rings is 1. The lowest BCUT2D eigenvalue weighted by Crippen LogP contribution is -2.48. The number of hydrogen-bond donors (Lipinski definition) is 3. The second-order valence-electron chi connectivity index (χ2n) is 5.54. The second kappa shape index (κ2) is 6.55. The summed E-state index contributed by atoms with van der Waals surface area (Å²) < 4.78 is 22.0. The molecule has 2 atom stereocenters. The third-order valence-electron chi connectivity index (χ3n) is 3.64. The van der Waals surface area contributed by atoms with E-state index in [1.165, 1.54) is 0 Å². The fourth-order valence-electron chi connectivity index (χ4n) is 2.54. The minimum absolute atomic E-state index is 0.0543. The summed E-state index contributed by atoms with van der Waals surface area (Å²) in [5.74, 6) is 0.0458. The van der Waals surface area contributed by atoms with Crippen LogP contribution in [0.5, 0.6) is 0 Å². The molecule has 0 aliphatic carbocycles. The van der Waals surface area contributed by atoms with Crippen LogP contribution in [0.3, 0.4) is 0 Å². The Balaban J connectivity index is 1.98. The first kappa shape index (κ1) is 15.9. The zero-order valence-electron chi connectivity index (χ0n) is 12.0. The van der Waals surface area contributed by atoms with E-state index >= 15 is 0 Å². The van der Waals surface area contributed by atoms with Crippen molar-refractivity contribution in [3.05, 3.63) is 29.8 Å². The van der Waals surface area contributed by atoms with Crippen LogP contribution in [0.15, 0.2) is 24.3 Å². The standard InChI is InChI=1S/C14H21N3O3S/c1-10-3-2-8-16-13(10)14(18)17-12-6-4-11(5-7-12)9-21(15,19)20/h4-7,10,13,16H,2-3,8-9H2,1H3,(H,17,18)(H2,15,19,20). The third-order valence-corrected chi connectivity index (χ3v) is 4.38. The second-order valence-corrected chi connectivity index (χ2v) is 7.16. The van der Waals surface area contributed by atoms with E-state index in [0.717, 1.165) is 19.4 Å². The number of amides is 1. The van der Waals surface area contributed by atoms with Crippen LogP contribution >= 0.6 is 0 Å². The normalized spacial score (nSPS) is 22.8. The Kier molecular flexibility index (Phi) is 4.97. The first-order chi connectivity index (χ1) is 9.85. The molecule has 1 aliphatic rings. The highest BCUT2D eigenvalue weighted by atomic mass is 32.2. The van der Waals surface area contributed by atoms with Gasteiger partial charge in [-0.15, -0.1) is 0 Å². The molecule has 0 spiro atoms. The van der Waals surface area contributed by atoms with Gasteiger partial charge in [0, 0.05) is 5.69 Å². The predicted molar refractivity (Wildman–Crippen MR) is 82.1 cm³/mol. The van der Waals surface area contributed by atoms with Gasteiger partial charge in [-0.1, -0.05) is 19.1 Å². The van der Waals surface area contributed by atoms with Crippen LogP contribution in [0.4, 0.5) is 5.69 Å². The van der Waals surface area contributed by atoms with Gasteiger partial charge in [0.2, 0.25) is 15.9 Å². The molecule has 116 valence electrons. The highest BCUT2D eigenvalue weighted by molar-refractivity contribution is 7.88. The monoisotopic (exact) mass is 311 g/mol. The zero-order chi connectivity index (χ0) is 15.5. The summed E-state index contributed by atoms with van der Waals surface area (Å²) in [4.78, 5) is 12.2. The molecule has 2 unspecified atom stereocenters. The number of hydrogen-bond acceptors (Lipinski definition) is 4. The van der Waals surface area contributed by atoms with E-state index in [9.17, 15) is 13.2 Å². The van der Waals surface area contributed by atoms with Crippen LogP contribution in [-0.4, -0.2) is 26.9 Å². The number of nitrogens with two attached hydrogens (primary N) is 1. The summed E-state index contributed by atoms with van der Waals surface area (Å²) in [6, 6.07) is 6.50. The van der Waals surface area contributed by atoms with Crippen molar-refractivity contribution in [2.45, 2.75) is 31.6 Å². The lowest BCUT2D eigenvalue weighted by atomic mass is 9.92. The maximum atomic E-state index is 12.2. The van der Waals surface area contributed by atoms with Crippen LogP contribution < -0.4 is 15.8 Å². The van der Waals surface area contributed by atoms with E-state index in [4.69, 9.17) is 5.14 Å². The molecule has 0 radical (unpaired) electrons. The van der Waals surface area contributed by atoms with Crippen molar-refractivity contribution in [2.24, 2.45) is 11.1 Å². The number of anilines is 1. The molecule has 7 heteroatoms. The molecule has 0 bridgehead atoms. The molecule has 1 aliphatic heterocycles. The Morgan fingerprint density at radius 3 is 2.62 bits per heavy atom. The van der Waals surface area contributed by atoms with Gasteiger partial charge in [0.25, 0.3) is 0 Å². The summed E-state index contributed by atoms with van der Waals surface area (Å²) in [5, 5.41) is 11.1. The van der Waals surface area contributed by atoms with E-state index in [0.29, 0.717) is 17.2 Å². The molecule has 1 heterocycles. The molecule has 2 rings (SSSR count). The topological polar surface area (TPSA) is 101 Å². The highest BCUT2D eigenvalue weighted by Crippen LogP contribution is 2.18. The van der Waals surface area contributed by atoms with E-state index in [1.807, 2.05) is 0 Å². The van der Waals surface area contributed by atoms with Gasteiger partial charge in [-0.25, -0.2) is 13.6 Å². The molecule has 1 aromatic carbocycles. The number of carbonyl (C=O) groups excluding carboxylic acids is 1. The van der Waals surface area contributed by atoms with E-state index in [-0.39, 0.29) is 17.7 Å². The number of sulfonamides is 1. The molecule has 1 fully saturated rings. The van der Waals surface area contributed by atoms with Gasteiger partial charge in [-0.3, -0.25) is 4.79 Å². The lowest BCUT2D eigenvalue weighted by molar-refractivity contribution is -0.119. The molecule has 4 N–H and O–H groups in total. The van der Waals surface area contributed by atoms with E-state index in [1.54, 1.807) is 24.3 Å². The summed E-state index contributed by atoms with van der Waals surface area (Å²) in [7, 11) is -3.53. The van der Waals surface area contributed by atoms with Crippen molar-refractivity contribution in [3.8, 4) is 0 Å². The van der Waals surface area contributed by atoms with Crippen molar-refractivity contribution in [1.82, 2.24) is 5.32 Å². The van der Waals surface area contributed by atoms with E-state index < -0.39 is 10.0 Å². The number of carbonyl (C=O) groups is 1. The van der Waals surface area contributed by atoms with Gasteiger partial charge in [-0.2, -0.15) is 0 Å². The average Bonchev–Trinajstić information content (AvgIpc) is 2.40. The fourth-order valence-corrected chi connectivity index (χ4v) is 3.19. The van der Waals surface area contributed by atoms with Gasteiger partial charge in [0.15, 0.2) is 0 Å². The van der Waals surface area contributed by atoms with Gasteiger partial charge in [0.05, 0.1) is 11.8 Å². The smallest absolute Gasteiger partial charge is 0.241 e. The quantitative estimate of drug-likeness (QED) is 0.765. The van der Waals surface area contributed by atoms with Crippen LogP contribution in [0.25, 0.3) is 0 Å². The van der Waals surface area contributed by atoms with Gasteiger partial charge >= 0.3 is 0 Å². The molecule has 1 saturated heterocycles. The Hall–Kier alpha value is -1.44. The molecule has 1 amide bonds. The largest absolute Gasteiger partial charge is 0.325 e. The Morgan fingerprint density at radius 2 is 2.05 bits per heavy atom. The van der Waals surface area contributed by atoms with Gasteiger partial charge in [-0.05, 0) is 43.0 Å². The van der Waals surface area contributed by atoms with E-state index in [2.05, 4.69) is 17.6 Å². The maximum Gasteiger partial charge on any atom is 0.241 e. The van der Waals surface area contributed by atoms with Gasteiger partial charge in [0.1, 0.15) is 0 Å². The predicted octanol–water partition coefficient (Wildman–Crippen LogP) is 0.802. The van der Waals surface area contributed by atoms with Crippen LogP contribution in [-0.2, 0) is 20.6 Å². The average molecular weight is 311 g/mol. The minimum Gasteiger partial charge on any atom is -0.325 e. The number of nitrogens with one attached hydrogen (secondary N) is 2. The van der Waals surface area contributed by atoms with Crippen LogP contribution in [0, 0.1) is 5.92 Å². The first-order valence-electron chi connectivity index (χ1n) is 6.99. The molecular weight excluding hydrogens is 290 g/mol. The Labute approximate surface area is 125 Å². The van der Waals surface area contributed by atoms with Crippen molar-refractivity contribution in [3.63, 3.8) is 0 Å². The fraction of sp³-hybridized carbons (Fsp3) is 0.500. The third kappa shape index (κ3) is 4.80. The molecule has 6 nitrogen and oxygen atoms in total. The van der Waals surface area contributed by atoms with Crippen molar-refractivity contribution in [1.29, 1.82) is 0 Å². The van der Waals surface area contributed by atoms with Crippen molar-refractivity contribution in [2.75, 3.05) is 11.9 Å². The van der Waals surface area contributed by atoms with Crippen LogP contribution in [0.1, 0.15) is 25.3 Å².